The molecule has 2 N–H and O–H groups in total. The smallest absolute Gasteiger partial charge is 0.240 e. The summed E-state index contributed by atoms with van der Waals surface area (Å²) >= 11 is 1.34. The van der Waals surface area contributed by atoms with Gasteiger partial charge in [-0.1, -0.05) is 43.3 Å². The summed E-state index contributed by atoms with van der Waals surface area (Å²) in [5.74, 6) is -0.304. The quantitative estimate of drug-likeness (QED) is 0.793. The molecule has 1 fully saturated rings. The number of unbranched alkanes of at least 4 members (excludes halogenated alkanes) is 1. The number of benzene rings is 1. The molecule has 6 heteroatoms. The van der Waals surface area contributed by atoms with Gasteiger partial charge < -0.3 is 10.6 Å². The summed E-state index contributed by atoms with van der Waals surface area (Å²) in [5, 5.41) is 5.75. The maximum Gasteiger partial charge on any atom is 0.240 e. The fourth-order valence-electron chi connectivity index (χ4n) is 1.86. The van der Waals surface area contributed by atoms with Gasteiger partial charge in [0.15, 0.2) is 5.17 Å². The van der Waals surface area contributed by atoms with Crippen molar-refractivity contribution in [2.24, 2.45) is 4.99 Å². The van der Waals surface area contributed by atoms with Crippen LogP contribution in [0.3, 0.4) is 0 Å². The van der Waals surface area contributed by atoms with Crippen LogP contribution in [0.2, 0.25) is 0 Å². The molecule has 1 atom stereocenters. The van der Waals surface area contributed by atoms with Crippen molar-refractivity contribution >= 4 is 34.4 Å². The lowest BCUT2D eigenvalue weighted by molar-refractivity contribution is -0.122. The molecule has 21 heavy (non-hydrogen) atoms. The standard InChI is InChI=1S/C15H19N3O2S/c1-2-3-9-16-15-18-14(20)12(21-15)10-13(19)17-11-7-5-4-6-8-11/h4-8,12H,2-3,9-10H2,1H3,(H,17,19)(H,16,18,20)/t12-/m0/s1. The highest BCUT2D eigenvalue weighted by Gasteiger charge is 2.31. The second kappa shape index (κ2) is 7.83. The third-order valence-corrected chi connectivity index (χ3v) is 4.09. The summed E-state index contributed by atoms with van der Waals surface area (Å²) in [6.07, 6.45) is 2.22. The Kier molecular flexibility index (Phi) is 5.80. The van der Waals surface area contributed by atoms with E-state index < -0.39 is 5.25 Å². The number of nitrogens with zero attached hydrogens (tertiary/aromatic N) is 1. The van der Waals surface area contributed by atoms with E-state index in [-0.39, 0.29) is 18.2 Å². The molecule has 0 saturated carbocycles. The van der Waals surface area contributed by atoms with E-state index in [4.69, 9.17) is 0 Å². The van der Waals surface area contributed by atoms with Gasteiger partial charge in [-0.15, -0.1) is 0 Å². The summed E-state index contributed by atoms with van der Waals surface area (Å²) in [5.41, 5.74) is 0.739. The first kappa shape index (κ1) is 15.6. The van der Waals surface area contributed by atoms with Crippen LogP contribution < -0.4 is 10.6 Å². The maximum absolute atomic E-state index is 11.9. The van der Waals surface area contributed by atoms with E-state index in [0.29, 0.717) is 11.7 Å². The predicted octanol–water partition coefficient (Wildman–Crippen LogP) is 2.40. The number of hydrogen-bond acceptors (Lipinski definition) is 4. The summed E-state index contributed by atoms with van der Waals surface area (Å²) in [6, 6.07) is 9.22. The van der Waals surface area contributed by atoms with Gasteiger partial charge in [-0.3, -0.25) is 14.6 Å². The van der Waals surface area contributed by atoms with Gasteiger partial charge in [0.25, 0.3) is 0 Å². The summed E-state index contributed by atoms with van der Waals surface area (Å²) in [6.45, 7) is 2.80. The molecule has 0 aliphatic carbocycles. The molecule has 1 aromatic rings. The molecule has 1 aliphatic heterocycles. The summed E-state index contributed by atoms with van der Waals surface area (Å²) in [4.78, 5) is 28.1. The lowest BCUT2D eigenvalue weighted by Crippen LogP contribution is -2.28. The topological polar surface area (TPSA) is 70.6 Å². The number of amidine groups is 1. The van der Waals surface area contributed by atoms with Gasteiger partial charge in [0, 0.05) is 18.7 Å². The molecule has 0 spiro atoms. The zero-order valence-electron chi connectivity index (χ0n) is 12.0. The largest absolute Gasteiger partial charge is 0.326 e. The minimum atomic E-state index is -0.394. The highest BCUT2D eigenvalue weighted by Crippen LogP contribution is 2.23. The first-order chi connectivity index (χ1) is 10.2. The predicted molar refractivity (Wildman–Crippen MR) is 86.4 cm³/mol. The molecule has 5 nitrogen and oxygen atoms in total. The molecule has 0 unspecified atom stereocenters. The zero-order chi connectivity index (χ0) is 15.1. The van der Waals surface area contributed by atoms with Crippen LogP contribution in [-0.4, -0.2) is 28.8 Å². The second-order valence-electron chi connectivity index (χ2n) is 4.75. The Morgan fingerprint density at radius 1 is 1.38 bits per heavy atom. The average Bonchev–Trinajstić information content (AvgIpc) is 2.80. The fraction of sp³-hybridized carbons (Fsp3) is 0.400. The molecule has 1 aliphatic rings. The van der Waals surface area contributed by atoms with Crippen molar-refractivity contribution in [3.05, 3.63) is 30.3 Å². The van der Waals surface area contributed by atoms with E-state index in [2.05, 4.69) is 22.5 Å². The monoisotopic (exact) mass is 305 g/mol. The Hall–Kier alpha value is -1.82. The first-order valence-corrected chi connectivity index (χ1v) is 7.94. The van der Waals surface area contributed by atoms with Crippen molar-refractivity contribution in [3.63, 3.8) is 0 Å². The van der Waals surface area contributed by atoms with Gasteiger partial charge in [0.2, 0.25) is 11.8 Å². The van der Waals surface area contributed by atoms with Crippen molar-refractivity contribution in [3.8, 4) is 0 Å². The number of hydrogen-bond donors (Lipinski definition) is 2. The number of amides is 2. The van der Waals surface area contributed by atoms with Crippen molar-refractivity contribution in [2.75, 3.05) is 11.9 Å². The van der Waals surface area contributed by atoms with E-state index >= 15 is 0 Å². The van der Waals surface area contributed by atoms with Gasteiger partial charge in [0.1, 0.15) is 5.25 Å². The Morgan fingerprint density at radius 3 is 2.86 bits per heavy atom. The Balaban J connectivity index is 1.84. The molecule has 1 saturated heterocycles. The number of para-hydroxylation sites is 1. The molecular weight excluding hydrogens is 286 g/mol. The molecule has 0 aromatic heterocycles. The maximum atomic E-state index is 11.9. The first-order valence-electron chi connectivity index (χ1n) is 7.06. The highest BCUT2D eigenvalue weighted by molar-refractivity contribution is 8.15. The van der Waals surface area contributed by atoms with Gasteiger partial charge in [-0.05, 0) is 18.6 Å². The lowest BCUT2D eigenvalue weighted by atomic mass is 10.2. The molecule has 0 radical (unpaired) electrons. The van der Waals surface area contributed by atoms with Gasteiger partial charge in [0.05, 0.1) is 0 Å². The van der Waals surface area contributed by atoms with Crippen molar-refractivity contribution in [1.29, 1.82) is 0 Å². The molecule has 1 heterocycles. The Labute approximate surface area is 128 Å². The second-order valence-corrected chi connectivity index (χ2v) is 5.95. The van der Waals surface area contributed by atoms with E-state index in [0.717, 1.165) is 18.5 Å². The van der Waals surface area contributed by atoms with Crippen LogP contribution >= 0.6 is 11.8 Å². The van der Waals surface area contributed by atoms with E-state index in [1.54, 1.807) is 0 Å². The van der Waals surface area contributed by atoms with E-state index in [1.165, 1.54) is 11.8 Å². The average molecular weight is 305 g/mol. The van der Waals surface area contributed by atoms with Gasteiger partial charge in [-0.2, -0.15) is 0 Å². The lowest BCUT2D eigenvalue weighted by Gasteiger charge is -2.07. The number of carbonyl (C=O) groups excluding carboxylic acids is 2. The fourth-order valence-corrected chi connectivity index (χ4v) is 2.85. The van der Waals surface area contributed by atoms with Crippen LogP contribution in [-0.2, 0) is 9.59 Å². The third kappa shape index (κ3) is 4.90. The normalized spacial score (nSPS) is 19.6. The highest BCUT2D eigenvalue weighted by atomic mass is 32.2. The van der Waals surface area contributed by atoms with Crippen LogP contribution in [0.25, 0.3) is 0 Å². The number of aliphatic imine (C=N–C) groups is 1. The van der Waals surface area contributed by atoms with Gasteiger partial charge in [-0.25, -0.2) is 0 Å². The number of carbonyl (C=O) groups is 2. The van der Waals surface area contributed by atoms with Crippen LogP contribution in [0.5, 0.6) is 0 Å². The van der Waals surface area contributed by atoms with Gasteiger partial charge >= 0.3 is 0 Å². The van der Waals surface area contributed by atoms with Crippen molar-refractivity contribution in [1.82, 2.24) is 5.32 Å². The van der Waals surface area contributed by atoms with E-state index in [1.807, 2.05) is 30.3 Å². The van der Waals surface area contributed by atoms with Crippen LogP contribution in [0.1, 0.15) is 26.2 Å². The molecule has 2 rings (SSSR count). The number of rotatable bonds is 6. The molecule has 0 bridgehead atoms. The molecule has 1 aromatic carbocycles. The number of anilines is 1. The Morgan fingerprint density at radius 2 is 2.14 bits per heavy atom. The zero-order valence-corrected chi connectivity index (χ0v) is 12.8. The number of nitrogens with one attached hydrogen (secondary N) is 2. The minimum absolute atomic E-state index is 0.140. The summed E-state index contributed by atoms with van der Waals surface area (Å²) in [7, 11) is 0. The summed E-state index contributed by atoms with van der Waals surface area (Å²) < 4.78 is 0. The van der Waals surface area contributed by atoms with Crippen molar-refractivity contribution in [2.45, 2.75) is 31.4 Å². The molecule has 112 valence electrons. The molecule has 2 amide bonds. The van der Waals surface area contributed by atoms with Crippen molar-refractivity contribution < 1.29 is 9.59 Å². The van der Waals surface area contributed by atoms with E-state index in [9.17, 15) is 9.59 Å². The van der Waals surface area contributed by atoms with Crippen LogP contribution in [0, 0.1) is 0 Å². The Bertz CT molecular complexity index is 531. The van der Waals surface area contributed by atoms with Crippen LogP contribution in [0.15, 0.2) is 35.3 Å². The van der Waals surface area contributed by atoms with Crippen LogP contribution in [0.4, 0.5) is 5.69 Å². The number of thioether (sulfide) groups is 1. The minimum Gasteiger partial charge on any atom is -0.326 e. The third-order valence-electron chi connectivity index (χ3n) is 2.97. The molecular formula is C15H19N3O2S. The SMILES string of the molecule is CCCCN=C1NC(=O)[C@H](CC(=O)Nc2ccccc2)S1.